The molecule has 0 aliphatic carbocycles. The second-order valence-electron chi connectivity index (χ2n) is 11.5. The molecule has 0 radical (unpaired) electrons. The lowest BCUT2D eigenvalue weighted by Crippen LogP contribution is -2.41. The first-order valence-corrected chi connectivity index (χ1v) is 14.8. The summed E-state index contributed by atoms with van der Waals surface area (Å²) in [6.07, 6.45) is 1.31. The maximum atomic E-state index is 12.1. The lowest BCUT2D eigenvalue weighted by Gasteiger charge is -2.36. The fourth-order valence-corrected chi connectivity index (χ4v) is 5.08. The predicted octanol–water partition coefficient (Wildman–Crippen LogP) is 5.77. The lowest BCUT2D eigenvalue weighted by atomic mass is 9.77. The number of benzene rings is 1. The van der Waals surface area contributed by atoms with Crippen LogP contribution in [0.4, 0.5) is 0 Å². The van der Waals surface area contributed by atoms with Crippen molar-refractivity contribution >= 4 is 49.4 Å². The molecule has 0 bridgehead atoms. The van der Waals surface area contributed by atoms with Crippen molar-refractivity contribution in [2.24, 2.45) is 0 Å². The number of hydrogen-bond acceptors (Lipinski definition) is 4. The number of fused-ring (bicyclic) bond motifs is 1. The van der Waals surface area contributed by atoms with Gasteiger partial charge in [-0.05, 0) is 70.3 Å². The summed E-state index contributed by atoms with van der Waals surface area (Å²) in [7, 11) is -2.55. The molecule has 0 atom stereocenters. The van der Waals surface area contributed by atoms with Gasteiger partial charge in [-0.1, -0.05) is 38.4 Å². The summed E-state index contributed by atoms with van der Waals surface area (Å²) in [4.78, 5) is 15.2. The summed E-state index contributed by atoms with van der Waals surface area (Å²) >= 11 is 6.59. The molecular weight excluding hydrogens is 457 g/mol. The Hall–Kier alpha value is -1.32. The number of rotatable bonds is 7. The first-order chi connectivity index (χ1) is 15.0. The molecular formula is C24H37BClNO5Si. The monoisotopic (exact) mass is 493 g/mol. The van der Waals surface area contributed by atoms with E-state index >= 15 is 0 Å². The first-order valence-electron chi connectivity index (χ1n) is 11.5. The van der Waals surface area contributed by atoms with E-state index in [1.54, 1.807) is 6.07 Å². The van der Waals surface area contributed by atoms with Crippen molar-refractivity contribution in [3.8, 4) is 0 Å². The Morgan fingerprint density at radius 2 is 1.76 bits per heavy atom. The van der Waals surface area contributed by atoms with E-state index in [4.69, 9.17) is 25.3 Å². The standard InChI is InChI=1S/C24H37BClNO5Si/c1-22(2,3)33(8,9)30-14-10-11-15-16-12-13-17(26)18(19(16)27-20(15)21(28)29)25-31-23(4,5)24(6,7)32-25/h12-13,27H,10-11,14H2,1-9H3,(H,28,29). The maximum Gasteiger partial charge on any atom is 0.498 e. The van der Waals surface area contributed by atoms with Gasteiger partial charge in [0.25, 0.3) is 0 Å². The fourth-order valence-electron chi connectivity index (χ4n) is 3.74. The van der Waals surface area contributed by atoms with Gasteiger partial charge >= 0.3 is 13.1 Å². The van der Waals surface area contributed by atoms with E-state index in [9.17, 15) is 9.90 Å². The number of halogens is 1. The third-order valence-electron chi connectivity index (χ3n) is 7.61. The van der Waals surface area contributed by atoms with Crippen molar-refractivity contribution in [2.45, 2.75) is 90.6 Å². The number of carboxylic acid groups (broad SMARTS) is 1. The first kappa shape index (κ1) is 26.3. The number of nitrogens with one attached hydrogen (secondary N) is 1. The highest BCUT2D eigenvalue weighted by molar-refractivity contribution is 6.74. The SMILES string of the molecule is CC1(C)OB(c2c(Cl)ccc3c(CCCO[Si](C)(C)C(C)(C)C)c(C(=O)O)[nH]c23)OC1(C)C. The Labute approximate surface area is 203 Å². The molecule has 9 heteroatoms. The largest absolute Gasteiger partial charge is 0.498 e. The van der Waals surface area contributed by atoms with Crippen molar-refractivity contribution < 1.29 is 23.6 Å². The van der Waals surface area contributed by atoms with Crippen molar-refractivity contribution in [3.63, 3.8) is 0 Å². The van der Waals surface area contributed by atoms with Gasteiger partial charge in [0, 0.05) is 28.0 Å². The van der Waals surface area contributed by atoms with Crippen molar-refractivity contribution in [2.75, 3.05) is 6.61 Å². The summed E-state index contributed by atoms with van der Waals surface area (Å²) in [5.41, 5.74) is 1.16. The van der Waals surface area contributed by atoms with Crippen LogP contribution < -0.4 is 5.46 Å². The summed E-state index contributed by atoms with van der Waals surface area (Å²) in [5, 5.41) is 11.3. The van der Waals surface area contributed by atoms with Gasteiger partial charge in [0.2, 0.25) is 0 Å². The minimum Gasteiger partial charge on any atom is -0.477 e. The van der Waals surface area contributed by atoms with Crippen LogP contribution in [0, 0.1) is 0 Å². The van der Waals surface area contributed by atoms with Crippen LogP contribution in [-0.2, 0) is 20.2 Å². The van der Waals surface area contributed by atoms with Crippen LogP contribution in [0.15, 0.2) is 12.1 Å². The van der Waals surface area contributed by atoms with E-state index in [0.29, 0.717) is 29.0 Å². The quantitative estimate of drug-likeness (QED) is 0.378. The molecule has 1 aromatic carbocycles. The number of hydrogen-bond donors (Lipinski definition) is 2. The molecule has 1 aliphatic rings. The fraction of sp³-hybridized carbons (Fsp3) is 0.625. The molecule has 1 aliphatic heterocycles. The van der Waals surface area contributed by atoms with Crippen LogP contribution >= 0.6 is 11.6 Å². The van der Waals surface area contributed by atoms with E-state index < -0.39 is 32.6 Å². The molecule has 1 aromatic heterocycles. The summed E-state index contributed by atoms with van der Waals surface area (Å²) in [5.74, 6) is -0.998. The van der Waals surface area contributed by atoms with Gasteiger partial charge in [0.1, 0.15) is 5.69 Å². The number of H-pyrrole nitrogens is 1. The zero-order chi connectivity index (χ0) is 25.0. The molecule has 0 spiro atoms. The lowest BCUT2D eigenvalue weighted by molar-refractivity contribution is 0.00578. The maximum absolute atomic E-state index is 12.1. The molecule has 2 heterocycles. The average molecular weight is 494 g/mol. The second-order valence-corrected chi connectivity index (χ2v) is 16.7. The summed E-state index contributed by atoms with van der Waals surface area (Å²) < 4.78 is 18.7. The highest BCUT2D eigenvalue weighted by Gasteiger charge is 2.53. The molecule has 2 N–H and O–H groups in total. The van der Waals surface area contributed by atoms with Crippen LogP contribution in [0.2, 0.25) is 23.2 Å². The Morgan fingerprint density at radius 3 is 2.27 bits per heavy atom. The number of carbonyl (C=O) groups is 1. The van der Waals surface area contributed by atoms with Crippen LogP contribution in [-0.4, -0.2) is 49.3 Å². The Morgan fingerprint density at radius 1 is 1.18 bits per heavy atom. The van der Waals surface area contributed by atoms with Crippen molar-refractivity contribution in [1.82, 2.24) is 4.98 Å². The second kappa shape index (κ2) is 8.72. The molecule has 0 saturated carbocycles. The van der Waals surface area contributed by atoms with Gasteiger partial charge in [-0.25, -0.2) is 4.79 Å². The molecule has 33 heavy (non-hydrogen) atoms. The Kier molecular flexibility index (Phi) is 6.95. The van der Waals surface area contributed by atoms with Gasteiger partial charge in [0.05, 0.1) is 11.2 Å². The molecule has 0 unspecified atom stereocenters. The predicted molar refractivity (Wildman–Crippen MR) is 137 cm³/mol. The zero-order valence-electron chi connectivity index (χ0n) is 21.3. The van der Waals surface area contributed by atoms with E-state index in [1.807, 2.05) is 33.8 Å². The highest BCUT2D eigenvalue weighted by Crippen LogP contribution is 2.39. The Bertz CT molecular complexity index is 1040. The van der Waals surface area contributed by atoms with Crippen LogP contribution in [0.25, 0.3) is 10.9 Å². The van der Waals surface area contributed by atoms with Crippen LogP contribution in [0.5, 0.6) is 0 Å². The molecule has 2 aromatic rings. The Balaban J connectivity index is 1.93. The van der Waals surface area contributed by atoms with Gasteiger partial charge in [0.15, 0.2) is 8.32 Å². The average Bonchev–Trinajstić information content (AvgIpc) is 3.11. The minimum atomic E-state index is -1.85. The summed E-state index contributed by atoms with van der Waals surface area (Å²) in [6.45, 7) is 19.6. The van der Waals surface area contributed by atoms with Gasteiger partial charge in [-0.3, -0.25) is 0 Å². The number of aromatic carboxylic acids is 1. The van der Waals surface area contributed by atoms with Gasteiger partial charge in [-0.15, -0.1) is 0 Å². The number of aromatic amines is 1. The van der Waals surface area contributed by atoms with E-state index in [2.05, 4.69) is 38.8 Å². The van der Waals surface area contributed by atoms with Crippen LogP contribution in [0.1, 0.15) is 70.9 Å². The van der Waals surface area contributed by atoms with Crippen LogP contribution in [0.3, 0.4) is 0 Å². The summed E-state index contributed by atoms with van der Waals surface area (Å²) in [6, 6.07) is 3.67. The number of carboxylic acids is 1. The molecule has 1 fully saturated rings. The van der Waals surface area contributed by atoms with E-state index in [-0.39, 0.29) is 10.7 Å². The molecule has 182 valence electrons. The van der Waals surface area contributed by atoms with E-state index in [0.717, 1.165) is 17.4 Å². The smallest absolute Gasteiger partial charge is 0.477 e. The highest BCUT2D eigenvalue weighted by atomic mass is 35.5. The normalized spacial score (nSPS) is 18.3. The van der Waals surface area contributed by atoms with Crippen molar-refractivity contribution in [1.29, 1.82) is 0 Å². The van der Waals surface area contributed by atoms with E-state index in [1.165, 1.54) is 0 Å². The molecule has 0 amide bonds. The molecule has 3 rings (SSSR count). The third kappa shape index (κ3) is 4.91. The minimum absolute atomic E-state index is 0.133. The van der Waals surface area contributed by atoms with Crippen molar-refractivity contribution in [3.05, 3.63) is 28.4 Å². The molecule has 6 nitrogen and oxygen atoms in total. The van der Waals surface area contributed by atoms with Gasteiger partial charge < -0.3 is 23.8 Å². The number of aryl methyl sites for hydroxylation is 1. The third-order valence-corrected chi connectivity index (χ3v) is 12.5. The van der Waals surface area contributed by atoms with Gasteiger partial charge in [-0.2, -0.15) is 0 Å². The number of aromatic nitrogens is 1. The molecule has 1 saturated heterocycles. The topological polar surface area (TPSA) is 80.8 Å². The zero-order valence-corrected chi connectivity index (χ0v) is 23.1.